The normalized spacial score (nSPS) is 12.3. The Morgan fingerprint density at radius 2 is 2.29 bits per heavy atom. The molecule has 0 radical (unpaired) electrons. The van der Waals surface area contributed by atoms with Gasteiger partial charge in [-0.15, -0.1) is 0 Å². The van der Waals surface area contributed by atoms with E-state index in [1.165, 1.54) is 0 Å². The van der Waals surface area contributed by atoms with Crippen LogP contribution in [0.25, 0.3) is 0 Å². The van der Waals surface area contributed by atoms with Gasteiger partial charge in [0, 0.05) is 5.02 Å². The molecule has 1 unspecified atom stereocenters. The molecule has 1 aromatic rings. The van der Waals surface area contributed by atoms with Crippen LogP contribution in [0, 0.1) is 6.92 Å². The molecule has 0 aliphatic rings. The minimum absolute atomic E-state index is 0.374. The number of hydrogen-bond acceptors (Lipinski definition) is 3. The second-order valence-electron chi connectivity index (χ2n) is 2.89. The average molecular weight is 231 g/mol. The van der Waals surface area contributed by atoms with E-state index < -0.39 is 5.25 Å². The monoisotopic (exact) mass is 230 g/mol. The summed E-state index contributed by atoms with van der Waals surface area (Å²) in [7, 11) is 0. The number of hydrazine groups is 1. The number of thiol groups is 1. The first kappa shape index (κ1) is 11.4. The molecule has 3 N–H and O–H groups in total. The second-order valence-corrected chi connectivity index (χ2v) is 3.78. The lowest BCUT2D eigenvalue weighted by Crippen LogP contribution is -2.33. The fourth-order valence-corrected chi connectivity index (χ4v) is 1.70. The molecule has 0 saturated carbocycles. The number of carbonyl (C=O) groups excluding carboxylic acids is 1. The molecule has 0 aromatic heterocycles. The molecule has 14 heavy (non-hydrogen) atoms. The van der Waals surface area contributed by atoms with Crippen LogP contribution in [-0.2, 0) is 4.79 Å². The van der Waals surface area contributed by atoms with Gasteiger partial charge in [0.1, 0.15) is 5.25 Å². The summed E-state index contributed by atoms with van der Waals surface area (Å²) in [5.41, 5.74) is 3.61. The van der Waals surface area contributed by atoms with Crippen LogP contribution in [0.15, 0.2) is 18.2 Å². The average Bonchev–Trinajstić information content (AvgIpc) is 2.20. The van der Waals surface area contributed by atoms with Gasteiger partial charge in [-0.3, -0.25) is 10.2 Å². The molecule has 1 aromatic carbocycles. The van der Waals surface area contributed by atoms with E-state index in [4.69, 9.17) is 17.4 Å². The lowest BCUT2D eigenvalue weighted by atomic mass is 10.1. The molecular weight excluding hydrogens is 220 g/mol. The van der Waals surface area contributed by atoms with E-state index >= 15 is 0 Å². The second kappa shape index (κ2) is 4.68. The largest absolute Gasteiger partial charge is 0.293 e. The number of rotatable bonds is 2. The molecular formula is C9H11ClN2OS. The zero-order valence-electron chi connectivity index (χ0n) is 7.62. The Hall–Kier alpha value is -0.710. The highest BCUT2D eigenvalue weighted by Crippen LogP contribution is 2.29. The third-order valence-corrected chi connectivity index (χ3v) is 2.94. The van der Waals surface area contributed by atoms with Crippen molar-refractivity contribution in [3.63, 3.8) is 0 Å². The van der Waals surface area contributed by atoms with Crippen LogP contribution in [0.5, 0.6) is 0 Å². The molecule has 1 atom stereocenters. The number of halogens is 1. The van der Waals surface area contributed by atoms with E-state index in [2.05, 4.69) is 12.6 Å². The third-order valence-electron chi connectivity index (χ3n) is 1.91. The van der Waals surface area contributed by atoms with Gasteiger partial charge in [-0.25, -0.2) is 5.84 Å². The van der Waals surface area contributed by atoms with Gasteiger partial charge in [-0.05, 0) is 18.1 Å². The number of carbonyl (C=O) groups is 1. The molecule has 3 nitrogen and oxygen atoms in total. The Kier molecular flexibility index (Phi) is 3.80. The van der Waals surface area contributed by atoms with E-state index in [1.54, 1.807) is 6.07 Å². The third kappa shape index (κ3) is 2.20. The van der Waals surface area contributed by atoms with E-state index in [1.807, 2.05) is 24.5 Å². The zero-order valence-corrected chi connectivity index (χ0v) is 9.27. The highest BCUT2D eigenvalue weighted by atomic mass is 35.5. The number of aryl methyl sites for hydroxylation is 1. The Morgan fingerprint density at radius 1 is 1.64 bits per heavy atom. The summed E-state index contributed by atoms with van der Waals surface area (Å²) in [6.45, 7) is 1.87. The van der Waals surface area contributed by atoms with E-state index in [9.17, 15) is 4.79 Å². The summed E-state index contributed by atoms with van der Waals surface area (Å²) in [5, 5.41) is -0.0801. The van der Waals surface area contributed by atoms with E-state index in [-0.39, 0.29) is 5.91 Å². The molecule has 0 bridgehead atoms. The van der Waals surface area contributed by atoms with Crippen molar-refractivity contribution in [2.24, 2.45) is 5.84 Å². The summed E-state index contributed by atoms with van der Waals surface area (Å²) < 4.78 is 0. The van der Waals surface area contributed by atoms with Gasteiger partial charge in [-0.1, -0.05) is 29.8 Å². The zero-order chi connectivity index (χ0) is 10.7. The first-order valence-corrected chi connectivity index (χ1v) is 4.91. The first-order valence-electron chi connectivity index (χ1n) is 4.01. The number of amides is 1. The van der Waals surface area contributed by atoms with Crippen molar-refractivity contribution in [3.05, 3.63) is 34.3 Å². The molecule has 0 saturated heterocycles. The molecule has 1 amide bonds. The maximum Gasteiger partial charge on any atom is 0.251 e. The van der Waals surface area contributed by atoms with Gasteiger partial charge >= 0.3 is 0 Å². The summed E-state index contributed by atoms with van der Waals surface area (Å²) >= 11 is 10.2. The van der Waals surface area contributed by atoms with Gasteiger partial charge in [0.2, 0.25) is 0 Å². The van der Waals surface area contributed by atoms with Crippen molar-refractivity contribution in [2.45, 2.75) is 12.2 Å². The van der Waals surface area contributed by atoms with Gasteiger partial charge in [0.25, 0.3) is 5.91 Å². The number of benzene rings is 1. The minimum Gasteiger partial charge on any atom is -0.293 e. The molecule has 76 valence electrons. The summed E-state index contributed by atoms with van der Waals surface area (Å²) in [5.74, 6) is 4.63. The molecule has 0 fully saturated rings. The smallest absolute Gasteiger partial charge is 0.251 e. The highest BCUT2D eigenvalue weighted by Gasteiger charge is 2.18. The number of nitrogens with one attached hydrogen (secondary N) is 1. The van der Waals surface area contributed by atoms with Crippen LogP contribution >= 0.6 is 24.2 Å². The maximum atomic E-state index is 11.2. The molecule has 1 rings (SSSR count). The Morgan fingerprint density at radius 3 is 2.86 bits per heavy atom. The van der Waals surface area contributed by atoms with Crippen LogP contribution in [0.1, 0.15) is 16.4 Å². The van der Waals surface area contributed by atoms with Crippen LogP contribution in [0.4, 0.5) is 0 Å². The van der Waals surface area contributed by atoms with Gasteiger partial charge in [-0.2, -0.15) is 12.6 Å². The van der Waals surface area contributed by atoms with Gasteiger partial charge in [0.15, 0.2) is 0 Å². The van der Waals surface area contributed by atoms with Crippen LogP contribution < -0.4 is 11.3 Å². The van der Waals surface area contributed by atoms with Gasteiger partial charge < -0.3 is 0 Å². The maximum absolute atomic E-state index is 11.2. The van der Waals surface area contributed by atoms with Crippen LogP contribution in [0.3, 0.4) is 0 Å². The van der Waals surface area contributed by atoms with Crippen molar-refractivity contribution in [1.29, 1.82) is 0 Å². The van der Waals surface area contributed by atoms with E-state index in [0.29, 0.717) is 10.6 Å². The molecule has 5 heteroatoms. The Bertz CT molecular complexity index is 357. The Balaban J connectivity index is 3.07. The first-order chi connectivity index (χ1) is 6.57. The van der Waals surface area contributed by atoms with Crippen LogP contribution in [-0.4, -0.2) is 5.91 Å². The minimum atomic E-state index is -0.632. The molecule has 0 aliphatic heterocycles. The molecule has 0 spiro atoms. The van der Waals surface area contributed by atoms with Crippen molar-refractivity contribution >= 4 is 30.1 Å². The lowest BCUT2D eigenvalue weighted by Gasteiger charge is -2.12. The predicted molar refractivity (Wildman–Crippen MR) is 60.2 cm³/mol. The topological polar surface area (TPSA) is 55.1 Å². The van der Waals surface area contributed by atoms with Crippen molar-refractivity contribution < 1.29 is 4.79 Å². The van der Waals surface area contributed by atoms with Crippen LogP contribution in [0.2, 0.25) is 5.02 Å². The quantitative estimate of drug-likeness (QED) is 0.313. The van der Waals surface area contributed by atoms with E-state index in [0.717, 1.165) is 5.56 Å². The molecule has 0 heterocycles. The molecule has 0 aliphatic carbocycles. The fourth-order valence-electron chi connectivity index (χ4n) is 1.10. The predicted octanol–water partition coefficient (Wildman–Crippen LogP) is 1.61. The highest BCUT2D eigenvalue weighted by molar-refractivity contribution is 7.81. The fraction of sp³-hybridized carbons (Fsp3) is 0.222. The van der Waals surface area contributed by atoms with Gasteiger partial charge in [0.05, 0.1) is 0 Å². The summed E-state index contributed by atoms with van der Waals surface area (Å²) in [6.07, 6.45) is 0. The standard InChI is InChI=1S/C9H11ClN2OS/c1-5-3-2-4-6(7(5)10)8(14)9(13)12-11/h2-4,8,14H,11H2,1H3,(H,12,13). The summed E-state index contributed by atoms with van der Waals surface area (Å²) in [6, 6.07) is 5.44. The van der Waals surface area contributed by atoms with Crippen molar-refractivity contribution in [1.82, 2.24) is 5.43 Å². The number of hydrogen-bond donors (Lipinski definition) is 3. The Labute approximate surface area is 93.0 Å². The van der Waals surface area contributed by atoms with Crippen molar-refractivity contribution in [2.75, 3.05) is 0 Å². The summed E-state index contributed by atoms with van der Waals surface area (Å²) in [4.78, 5) is 11.2. The SMILES string of the molecule is Cc1cccc(C(S)C(=O)NN)c1Cl. The van der Waals surface area contributed by atoms with Crippen molar-refractivity contribution in [3.8, 4) is 0 Å². The lowest BCUT2D eigenvalue weighted by molar-refractivity contribution is -0.120. The number of nitrogens with two attached hydrogens (primary N) is 1.